The highest BCUT2D eigenvalue weighted by Crippen LogP contribution is 2.44. The lowest BCUT2D eigenvalue weighted by atomic mass is 10.1. The Morgan fingerprint density at radius 1 is 1.43 bits per heavy atom. The molecule has 0 aliphatic heterocycles. The molecule has 0 saturated heterocycles. The minimum absolute atomic E-state index is 0.122. The molecule has 0 amide bonds. The van der Waals surface area contributed by atoms with Gasteiger partial charge in [0.15, 0.2) is 0 Å². The molecule has 2 N–H and O–H groups in total. The van der Waals surface area contributed by atoms with Crippen molar-refractivity contribution in [1.29, 1.82) is 0 Å². The normalized spacial score (nSPS) is 16.1. The van der Waals surface area contributed by atoms with Crippen LogP contribution in [0.5, 0.6) is 0 Å². The van der Waals surface area contributed by atoms with Crippen LogP contribution in [0.2, 0.25) is 0 Å². The topological polar surface area (TPSA) is 78.6 Å². The maximum atomic E-state index is 11.5. The lowest BCUT2D eigenvalue weighted by molar-refractivity contribution is -0.135. The Labute approximate surface area is 84.5 Å². The van der Waals surface area contributed by atoms with Crippen molar-refractivity contribution in [3.63, 3.8) is 0 Å². The van der Waals surface area contributed by atoms with Gasteiger partial charge in [0.25, 0.3) is 0 Å². The zero-order valence-corrected chi connectivity index (χ0v) is 9.97. The highest BCUT2D eigenvalue weighted by Gasteiger charge is 2.31. The summed E-state index contributed by atoms with van der Waals surface area (Å²) in [4.78, 5) is 10.8. The van der Waals surface area contributed by atoms with Crippen LogP contribution in [-0.4, -0.2) is 11.6 Å². The molecule has 0 radical (unpaired) electrons. The average molecular weight is 223 g/mol. The van der Waals surface area contributed by atoms with Gasteiger partial charge >= 0.3 is 13.7 Å². The van der Waals surface area contributed by atoms with E-state index in [-0.39, 0.29) is 6.42 Å². The van der Waals surface area contributed by atoms with E-state index in [4.69, 9.17) is 10.0 Å². The molecule has 0 aromatic carbocycles. The van der Waals surface area contributed by atoms with Gasteiger partial charge in [0.2, 0.25) is 0 Å². The first-order chi connectivity index (χ1) is 6.22. The Bertz CT molecular complexity index is 252. The molecule has 6 heteroatoms. The maximum Gasteiger partial charge on any atom is 0.458 e. The Balaban J connectivity index is 4.35. The van der Waals surface area contributed by atoms with E-state index >= 15 is 0 Å². The summed E-state index contributed by atoms with van der Waals surface area (Å²) in [6.45, 7) is 6.91. The quantitative estimate of drug-likeness (QED) is 0.723. The predicted octanol–water partition coefficient (Wildman–Crippen LogP) is 2.21. The van der Waals surface area contributed by atoms with Crippen LogP contribution in [0.25, 0.3) is 0 Å². The van der Waals surface area contributed by atoms with Gasteiger partial charge in [-0.1, -0.05) is 13.8 Å². The second kappa shape index (κ2) is 4.91. The van der Waals surface area contributed by atoms with E-state index in [9.17, 15) is 9.36 Å². The van der Waals surface area contributed by atoms with Gasteiger partial charge in [0, 0.05) is 6.42 Å². The Morgan fingerprint density at radius 2 is 1.93 bits per heavy atom. The van der Waals surface area contributed by atoms with Gasteiger partial charge in [-0.2, -0.15) is 0 Å². The minimum atomic E-state index is -3.75. The minimum Gasteiger partial charge on any atom is -0.380 e. The molecule has 0 fully saturated rings. The van der Waals surface area contributed by atoms with Crippen LogP contribution in [0.15, 0.2) is 0 Å². The second-order valence-electron chi connectivity index (χ2n) is 3.56. The highest BCUT2D eigenvalue weighted by atomic mass is 31.2. The first-order valence-corrected chi connectivity index (χ1v) is 6.15. The Kier molecular flexibility index (Phi) is 4.78. The summed E-state index contributed by atoms with van der Waals surface area (Å²) in [6.07, 6.45) is 0.745. The fraction of sp³-hybridized carbons (Fsp3) is 0.875. The van der Waals surface area contributed by atoms with Crippen molar-refractivity contribution < 1.29 is 18.4 Å². The summed E-state index contributed by atoms with van der Waals surface area (Å²) in [5.74, 6) is -0.622. The number of carbonyl (C=O) groups is 1. The molecular formula is C8H18NO4P. The summed E-state index contributed by atoms with van der Waals surface area (Å²) in [5, 5.41) is 0. The molecule has 1 atom stereocenters. The first-order valence-electron chi connectivity index (χ1n) is 4.54. The number of nitrogens with two attached hydrogens (primary N) is 1. The molecule has 0 rings (SSSR count). The van der Waals surface area contributed by atoms with E-state index < -0.39 is 19.3 Å². The van der Waals surface area contributed by atoms with Crippen LogP contribution in [0.1, 0.15) is 40.5 Å². The third-order valence-corrected chi connectivity index (χ3v) is 2.95. The smallest absolute Gasteiger partial charge is 0.380 e. The lowest BCUT2D eigenvalue weighted by Gasteiger charge is -2.26. The van der Waals surface area contributed by atoms with Gasteiger partial charge < -0.3 is 4.52 Å². The van der Waals surface area contributed by atoms with Gasteiger partial charge in [-0.3, -0.25) is 9.32 Å². The van der Waals surface area contributed by atoms with Crippen LogP contribution < -0.4 is 5.50 Å². The average Bonchev–Trinajstić information content (AvgIpc) is 2.01. The monoisotopic (exact) mass is 223 g/mol. The SMILES string of the molecule is CCC(=O)OP(N)(=O)OC(C)(C)CC. The van der Waals surface area contributed by atoms with E-state index in [1.54, 1.807) is 20.8 Å². The molecule has 0 aromatic rings. The zero-order valence-electron chi connectivity index (χ0n) is 9.07. The van der Waals surface area contributed by atoms with Crippen molar-refractivity contribution in [3.8, 4) is 0 Å². The van der Waals surface area contributed by atoms with Crippen molar-refractivity contribution in [2.24, 2.45) is 5.50 Å². The molecule has 0 heterocycles. The summed E-state index contributed by atoms with van der Waals surface area (Å²) in [7, 11) is -3.75. The van der Waals surface area contributed by atoms with Crippen molar-refractivity contribution in [2.45, 2.75) is 46.1 Å². The molecule has 0 aliphatic rings. The van der Waals surface area contributed by atoms with Crippen molar-refractivity contribution >= 4 is 13.7 Å². The summed E-state index contributed by atoms with van der Waals surface area (Å²) >= 11 is 0. The highest BCUT2D eigenvalue weighted by molar-refractivity contribution is 7.51. The van der Waals surface area contributed by atoms with Gasteiger partial charge in [-0.25, -0.2) is 10.1 Å². The third-order valence-electron chi connectivity index (χ3n) is 1.74. The summed E-state index contributed by atoms with van der Waals surface area (Å²) < 4.78 is 21.0. The fourth-order valence-electron chi connectivity index (χ4n) is 0.634. The van der Waals surface area contributed by atoms with Crippen LogP contribution in [0.3, 0.4) is 0 Å². The standard InChI is InChI=1S/C8H18NO4P/c1-5-7(10)12-14(9,11)13-8(3,4)6-2/h5-6H2,1-4H3,(H2,9,11). The Hall–Kier alpha value is -0.380. The summed E-state index contributed by atoms with van der Waals surface area (Å²) in [5.41, 5.74) is 4.59. The van der Waals surface area contributed by atoms with E-state index in [0.717, 1.165) is 0 Å². The molecule has 0 saturated carbocycles. The first kappa shape index (κ1) is 13.6. The fourth-order valence-corrected chi connectivity index (χ4v) is 1.90. The lowest BCUT2D eigenvalue weighted by Crippen LogP contribution is -2.25. The van der Waals surface area contributed by atoms with E-state index in [0.29, 0.717) is 6.42 Å². The number of carbonyl (C=O) groups excluding carboxylic acids is 1. The molecule has 0 spiro atoms. The van der Waals surface area contributed by atoms with Crippen LogP contribution in [0, 0.1) is 0 Å². The Morgan fingerprint density at radius 3 is 2.29 bits per heavy atom. The van der Waals surface area contributed by atoms with E-state index in [1.807, 2.05) is 6.92 Å². The van der Waals surface area contributed by atoms with Gasteiger partial charge in [0.1, 0.15) is 0 Å². The maximum absolute atomic E-state index is 11.5. The van der Waals surface area contributed by atoms with Crippen molar-refractivity contribution in [1.82, 2.24) is 0 Å². The van der Waals surface area contributed by atoms with Crippen LogP contribution >= 0.6 is 7.75 Å². The molecule has 14 heavy (non-hydrogen) atoms. The molecule has 0 aliphatic carbocycles. The summed E-state index contributed by atoms with van der Waals surface area (Å²) in [6, 6.07) is 0. The number of hydrogen-bond acceptors (Lipinski definition) is 4. The zero-order chi connectivity index (χ0) is 11.4. The predicted molar refractivity (Wildman–Crippen MR) is 53.6 cm³/mol. The van der Waals surface area contributed by atoms with Crippen LogP contribution in [0.4, 0.5) is 0 Å². The molecule has 5 nitrogen and oxygen atoms in total. The van der Waals surface area contributed by atoms with Gasteiger partial charge in [0.05, 0.1) is 5.60 Å². The van der Waals surface area contributed by atoms with E-state index in [2.05, 4.69) is 4.52 Å². The molecule has 0 aromatic heterocycles. The third kappa shape index (κ3) is 5.37. The largest absolute Gasteiger partial charge is 0.458 e. The van der Waals surface area contributed by atoms with Crippen molar-refractivity contribution in [3.05, 3.63) is 0 Å². The van der Waals surface area contributed by atoms with Crippen LogP contribution in [-0.2, 0) is 18.4 Å². The van der Waals surface area contributed by atoms with Gasteiger partial charge in [-0.05, 0) is 20.3 Å². The molecule has 0 bridgehead atoms. The number of hydrogen-bond donors (Lipinski definition) is 1. The molecule has 1 unspecified atom stereocenters. The molecule has 84 valence electrons. The molecular weight excluding hydrogens is 205 g/mol. The number of rotatable bonds is 5. The van der Waals surface area contributed by atoms with Crippen molar-refractivity contribution in [2.75, 3.05) is 0 Å². The van der Waals surface area contributed by atoms with Gasteiger partial charge in [-0.15, -0.1) is 0 Å². The second-order valence-corrected chi connectivity index (χ2v) is 5.01. The van der Waals surface area contributed by atoms with E-state index in [1.165, 1.54) is 0 Å².